The minimum atomic E-state index is -0.540. The van der Waals surface area contributed by atoms with Crippen molar-refractivity contribution in [1.82, 2.24) is 15.5 Å². The number of hydrogen-bond donors (Lipinski definition) is 5. The average Bonchev–Trinajstić information content (AvgIpc) is 3.16. The van der Waals surface area contributed by atoms with Crippen LogP contribution in [0.2, 0.25) is 0 Å². The van der Waals surface area contributed by atoms with Crippen LogP contribution in [-0.4, -0.2) is 60.6 Å². The molecule has 1 heterocycles. The van der Waals surface area contributed by atoms with E-state index in [-0.39, 0.29) is 6.61 Å². The summed E-state index contributed by atoms with van der Waals surface area (Å²) in [6, 6.07) is 7.60. The molecule has 0 saturated carbocycles. The molecule has 6 N–H and O–H groups in total. The van der Waals surface area contributed by atoms with Gasteiger partial charge in [-0.05, 0) is 58.0 Å². The second-order valence-electron chi connectivity index (χ2n) is 8.09. The van der Waals surface area contributed by atoms with Gasteiger partial charge in [-0.3, -0.25) is 0 Å². The van der Waals surface area contributed by atoms with E-state index in [2.05, 4.69) is 39.4 Å². The van der Waals surface area contributed by atoms with Gasteiger partial charge in [-0.1, -0.05) is 13.5 Å². The molecule has 0 saturated heterocycles. The first kappa shape index (κ1) is 25.2. The summed E-state index contributed by atoms with van der Waals surface area (Å²) in [6.45, 7) is 14.9. The van der Waals surface area contributed by atoms with E-state index in [1.165, 1.54) is 0 Å². The van der Waals surface area contributed by atoms with E-state index < -0.39 is 5.54 Å². The maximum atomic E-state index is 9.47. The fourth-order valence-electron chi connectivity index (χ4n) is 2.89. The van der Waals surface area contributed by atoms with Crippen molar-refractivity contribution < 1.29 is 9.84 Å². The number of amidine groups is 1. The maximum Gasteiger partial charge on any atom is 0.165 e. The molecule has 9 nitrogen and oxygen atoms in total. The van der Waals surface area contributed by atoms with E-state index >= 15 is 0 Å². The van der Waals surface area contributed by atoms with Crippen molar-refractivity contribution in [2.45, 2.75) is 39.7 Å². The van der Waals surface area contributed by atoms with Gasteiger partial charge in [-0.15, -0.1) is 0 Å². The number of anilines is 1. The molecule has 1 aliphatic heterocycles. The van der Waals surface area contributed by atoms with Crippen LogP contribution >= 0.6 is 0 Å². The van der Waals surface area contributed by atoms with Crippen molar-refractivity contribution in [3.8, 4) is 5.75 Å². The van der Waals surface area contributed by atoms with Crippen molar-refractivity contribution in [2.75, 3.05) is 38.2 Å². The molecule has 0 bridgehead atoms. The van der Waals surface area contributed by atoms with Gasteiger partial charge in [-0.25, -0.2) is 9.98 Å². The van der Waals surface area contributed by atoms with Gasteiger partial charge in [0, 0.05) is 18.8 Å². The van der Waals surface area contributed by atoms with Crippen molar-refractivity contribution in [3.05, 3.63) is 48.2 Å². The van der Waals surface area contributed by atoms with Gasteiger partial charge in [-0.2, -0.15) is 0 Å². The summed E-state index contributed by atoms with van der Waals surface area (Å²) in [5, 5.41) is 19.1. The van der Waals surface area contributed by atoms with Crippen LogP contribution in [0.5, 0.6) is 5.75 Å². The van der Waals surface area contributed by atoms with E-state index in [1.807, 2.05) is 49.9 Å². The second kappa shape index (κ2) is 12.1. The quantitative estimate of drug-likeness (QED) is 0.297. The molecule has 0 aromatic heterocycles. The molecule has 1 aromatic rings. The number of benzene rings is 1. The Morgan fingerprint density at radius 3 is 2.59 bits per heavy atom. The molecule has 0 unspecified atom stereocenters. The predicted octanol–water partition coefficient (Wildman–Crippen LogP) is 2.20. The number of aliphatic hydroxyl groups is 1. The van der Waals surface area contributed by atoms with Crippen molar-refractivity contribution in [2.24, 2.45) is 15.7 Å². The third-order valence-corrected chi connectivity index (χ3v) is 4.63. The van der Waals surface area contributed by atoms with Gasteiger partial charge in [0.2, 0.25) is 0 Å². The highest BCUT2D eigenvalue weighted by molar-refractivity contribution is 6.09. The molecule has 1 aromatic carbocycles. The Balaban J connectivity index is 2.07. The zero-order valence-corrected chi connectivity index (χ0v) is 19.6. The number of aliphatic hydroxyl groups excluding tert-OH is 1. The SMILES string of the molecule is C=C(/N=C1\C(=C(/N)Nc2ccc(OCCNCCC)cc2)N=CN1CC)NC(C)(C)CO. The molecule has 0 radical (unpaired) electrons. The van der Waals surface area contributed by atoms with Crippen LogP contribution in [0.3, 0.4) is 0 Å². The molecular weight excluding hydrogens is 406 g/mol. The molecule has 1 aliphatic rings. The zero-order chi connectivity index (χ0) is 23.6. The standard InChI is InChI=1S/C23H37N7O2/c1-6-12-25-13-14-32-19-10-8-18(9-11-19)28-21(24)20-22(30(7-2)16-26-20)27-17(3)29-23(4,5)15-31/h8-11,16,25,28-29,31H,3,6-7,12-15,24H2,1-2,4-5H3/b21-20-,27-22+. The van der Waals surface area contributed by atoms with E-state index in [9.17, 15) is 5.11 Å². The van der Waals surface area contributed by atoms with Crippen LogP contribution in [0.25, 0.3) is 0 Å². The van der Waals surface area contributed by atoms with E-state index in [4.69, 9.17) is 10.5 Å². The van der Waals surface area contributed by atoms with Crippen LogP contribution in [0, 0.1) is 0 Å². The Labute approximate surface area is 191 Å². The smallest absolute Gasteiger partial charge is 0.165 e. The molecule has 176 valence electrons. The minimum absolute atomic E-state index is 0.0494. The van der Waals surface area contributed by atoms with Crippen LogP contribution in [0.4, 0.5) is 5.69 Å². The summed E-state index contributed by atoms with van der Waals surface area (Å²) < 4.78 is 5.73. The van der Waals surface area contributed by atoms with Crippen LogP contribution < -0.4 is 26.4 Å². The third-order valence-electron chi connectivity index (χ3n) is 4.63. The summed E-state index contributed by atoms with van der Waals surface area (Å²) in [7, 11) is 0. The molecule has 0 spiro atoms. The van der Waals surface area contributed by atoms with E-state index in [1.54, 1.807) is 6.34 Å². The van der Waals surface area contributed by atoms with Crippen molar-refractivity contribution in [1.29, 1.82) is 0 Å². The monoisotopic (exact) mass is 443 g/mol. The number of nitrogens with one attached hydrogen (secondary N) is 3. The number of nitrogens with two attached hydrogens (primary N) is 1. The number of likely N-dealkylation sites (N-methyl/N-ethyl adjacent to an activating group) is 1. The van der Waals surface area contributed by atoms with Crippen molar-refractivity contribution >= 4 is 17.9 Å². The normalized spacial score (nSPS) is 16.4. The number of aliphatic imine (C=N–C) groups is 2. The lowest BCUT2D eigenvalue weighted by atomic mass is 10.1. The van der Waals surface area contributed by atoms with Gasteiger partial charge in [0.15, 0.2) is 5.84 Å². The van der Waals surface area contributed by atoms with Crippen LogP contribution in [0.15, 0.2) is 58.2 Å². The summed E-state index contributed by atoms with van der Waals surface area (Å²) in [5.74, 6) is 2.18. The maximum absolute atomic E-state index is 9.47. The molecule has 2 rings (SSSR count). The Morgan fingerprint density at radius 2 is 1.97 bits per heavy atom. The first-order valence-corrected chi connectivity index (χ1v) is 11.0. The lowest BCUT2D eigenvalue weighted by molar-refractivity contribution is 0.198. The zero-order valence-electron chi connectivity index (χ0n) is 19.6. The van der Waals surface area contributed by atoms with Crippen molar-refractivity contribution in [3.63, 3.8) is 0 Å². The predicted molar refractivity (Wildman–Crippen MR) is 132 cm³/mol. The lowest BCUT2D eigenvalue weighted by Gasteiger charge is -2.25. The highest BCUT2D eigenvalue weighted by Crippen LogP contribution is 2.20. The Kier molecular flexibility index (Phi) is 9.55. The fourth-order valence-corrected chi connectivity index (χ4v) is 2.89. The van der Waals surface area contributed by atoms with Gasteiger partial charge in [0.1, 0.15) is 29.7 Å². The Hall–Kier alpha value is -3.04. The largest absolute Gasteiger partial charge is 0.492 e. The number of nitrogens with zero attached hydrogens (tertiary/aromatic N) is 3. The summed E-state index contributed by atoms with van der Waals surface area (Å²) in [6.07, 6.45) is 2.80. The summed E-state index contributed by atoms with van der Waals surface area (Å²) >= 11 is 0. The highest BCUT2D eigenvalue weighted by atomic mass is 16.5. The average molecular weight is 444 g/mol. The number of rotatable bonds is 13. The Morgan fingerprint density at radius 1 is 1.25 bits per heavy atom. The van der Waals surface area contributed by atoms with Gasteiger partial charge < -0.3 is 36.4 Å². The third kappa shape index (κ3) is 7.58. The molecule has 0 aliphatic carbocycles. The molecule has 9 heteroatoms. The first-order chi connectivity index (χ1) is 15.3. The number of ether oxygens (including phenoxy) is 1. The first-order valence-electron chi connectivity index (χ1n) is 11.0. The molecule has 0 atom stereocenters. The molecular formula is C23H37N7O2. The topological polar surface area (TPSA) is 120 Å². The second-order valence-corrected chi connectivity index (χ2v) is 8.09. The van der Waals surface area contributed by atoms with E-state index in [0.717, 1.165) is 30.9 Å². The highest BCUT2D eigenvalue weighted by Gasteiger charge is 2.24. The molecule has 0 fully saturated rings. The van der Waals surface area contributed by atoms with Crippen LogP contribution in [0.1, 0.15) is 34.1 Å². The van der Waals surface area contributed by atoms with Crippen LogP contribution in [-0.2, 0) is 0 Å². The molecule has 0 amide bonds. The summed E-state index contributed by atoms with van der Waals surface area (Å²) in [5.41, 5.74) is 7.13. The van der Waals surface area contributed by atoms with Gasteiger partial charge >= 0.3 is 0 Å². The van der Waals surface area contributed by atoms with Gasteiger partial charge in [0.25, 0.3) is 0 Å². The summed E-state index contributed by atoms with van der Waals surface area (Å²) in [4.78, 5) is 10.9. The fraction of sp³-hybridized carbons (Fsp3) is 0.478. The minimum Gasteiger partial charge on any atom is -0.492 e. The molecule has 32 heavy (non-hydrogen) atoms. The van der Waals surface area contributed by atoms with E-state index in [0.29, 0.717) is 36.3 Å². The number of hydrogen-bond acceptors (Lipinski definition) is 8. The Bertz CT molecular complexity index is 844. The van der Waals surface area contributed by atoms with Gasteiger partial charge in [0.05, 0.1) is 18.5 Å². The lowest BCUT2D eigenvalue weighted by Crippen LogP contribution is -2.41.